The van der Waals surface area contributed by atoms with Gasteiger partial charge in [-0.1, -0.05) is 30.3 Å². The van der Waals surface area contributed by atoms with Crippen molar-refractivity contribution in [1.29, 1.82) is 0 Å². The molecular formula is C20H20F4N2O2. The summed E-state index contributed by atoms with van der Waals surface area (Å²) in [5.41, 5.74) is 0.781. The van der Waals surface area contributed by atoms with Crippen LogP contribution in [0.1, 0.15) is 12.0 Å². The van der Waals surface area contributed by atoms with E-state index in [1.54, 1.807) is 48.3 Å². The molecule has 2 aromatic rings. The number of likely N-dealkylation sites (N-methyl/N-ethyl adjacent to an activating group) is 1. The minimum atomic E-state index is -4.43. The first-order valence-electron chi connectivity index (χ1n) is 8.80. The predicted octanol–water partition coefficient (Wildman–Crippen LogP) is 4.00. The number of nitrogens with zero attached hydrogens (tertiary/aromatic N) is 2. The van der Waals surface area contributed by atoms with E-state index in [1.165, 1.54) is 17.0 Å². The van der Waals surface area contributed by atoms with Crippen molar-refractivity contribution in [3.63, 3.8) is 0 Å². The van der Waals surface area contributed by atoms with Gasteiger partial charge in [0, 0.05) is 18.7 Å². The van der Waals surface area contributed by atoms with E-state index >= 15 is 0 Å². The van der Waals surface area contributed by atoms with E-state index < -0.39 is 24.6 Å². The number of rotatable bonds is 6. The van der Waals surface area contributed by atoms with Crippen molar-refractivity contribution in [3.05, 3.63) is 59.9 Å². The van der Waals surface area contributed by atoms with E-state index in [9.17, 15) is 22.4 Å². The zero-order valence-corrected chi connectivity index (χ0v) is 15.2. The van der Waals surface area contributed by atoms with Gasteiger partial charge < -0.3 is 9.64 Å². The molecule has 28 heavy (non-hydrogen) atoms. The molecule has 150 valence electrons. The second-order valence-corrected chi connectivity index (χ2v) is 6.67. The molecule has 8 heteroatoms. The molecule has 1 heterocycles. The number of benzene rings is 2. The highest BCUT2D eigenvalue weighted by Crippen LogP contribution is 2.28. The van der Waals surface area contributed by atoms with Crippen LogP contribution in [0.2, 0.25) is 0 Å². The first kappa shape index (κ1) is 20.1. The third kappa shape index (κ3) is 4.62. The lowest BCUT2D eigenvalue weighted by Crippen LogP contribution is -2.39. The minimum absolute atomic E-state index is 0.128. The smallest absolute Gasteiger partial charge is 0.422 e. The Labute approximate surface area is 160 Å². The van der Waals surface area contributed by atoms with Crippen LogP contribution < -0.4 is 9.64 Å². The van der Waals surface area contributed by atoms with E-state index in [0.717, 1.165) is 0 Å². The maximum atomic E-state index is 14.0. The molecule has 0 aromatic heterocycles. The summed E-state index contributed by atoms with van der Waals surface area (Å²) in [6, 6.07) is 12.0. The first-order valence-corrected chi connectivity index (χ1v) is 8.80. The third-order valence-electron chi connectivity index (χ3n) is 4.64. The SMILES string of the molecule is CN(Cc1ccccc1OCC(F)(F)F)[C@H]1CCN(c2ccccc2F)C1=O. The Bertz CT molecular complexity index is 841. The molecule has 1 atom stereocenters. The monoisotopic (exact) mass is 396 g/mol. The van der Waals surface area contributed by atoms with Gasteiger partial charge in [0.2, 0.25) is 5.91 Å². The van der Waals surface area contributed by atoms with Crippen LogP contribution in [0.4, 0.5) is 23.2 Å². The van der Waals surface area contributed by atoms with Gasteiger partial charge in [-0.05, 0) is 31.7 Å². The van der Waals surface area contributed by atoms with Gasteiger partial charge in [-0.25, -0.2) is 4.39 Å². The first-order chi connectivity index (χ1) is 13.3. The summed E-state index contributed by atoms with van der Waals surface area (Å²) in [5, 5.41) is 0. The Morgan fingerprint density at radius 1 is 1.14 bits per heavy atom. The van der Waals surface area contributed by atoms with Gasteiger partial charge in [-0.2, -0.15) is 13.2 Å². The molecule has 2 aromatic carbocycles. The summed E-state index contributed by atoms with van der Waals surface area (Å²) in [5.74, 6) is -0.575. The summed E-state index contributed by atoms with van der Waals surface area (Å²) in [6.07, 6.45) is -3.93. The largest absolute Gasteiger partial charge is 0.484 e. The number of hydrogen-bond donors (Lipinski definition) is 0. The van der Waals surface area contributed by atoms with Gasteiger partial charge in [0.1, 0.15) is 11.6 Å². The highest BCUT2D eigenvalue weighted by Gasteiger charge is 2.36. The van der Waals surface area contributed by atoms with Gasteiger partial charge >= 0.3 is 6.18 Å². The lowest BCUT2D eigenvalue weighted by atomic mass is 10.1. The van der Waals surface area contributed by atoms with Crippen LogP contribution in [0.3, 0.4) is 0 Å². The fourth-order valence-corrected chi connectivity index (χ4v) is 3.30. The topological polar surface area (TPSA) is 32.8 Å². The Morgan fingerprint density at radius 2 is 1.82 bits per heavy atom. The van der Waals surface area contributed by atoms with Gasteiger partial charge in [-0.15, -0.1) is 0 Å². The number of hydrogen-bond acceptors (Lipinski definition) is 3. The van der Waals surface area contributed by atoms with Gasteiger partial charge in [0.15, 0.2) is 6.61 Å². The van der Waals surface area contributed by atoms with Crippen molar-refractivity contribution in [2.24, 2.45) is 0 Å². The molecule has 0 saturated carbocycles. The zero-order chi connectivity index (χ0) is 20.3. The summed E-state index contributed by atoms with van der Waals surface area (Å²) in [4.78, 5) is 15.9. The number of anilines is 1. The molecule has 0 radical (unpaired) electrons. The number of para-hydroxylation sites is 2. The molecule has 0 bridgehead atoms. The van der Waals surface area contributed by atoms with E-state index in [4.69, 9.17) is 4.74 Å². The maximum Gasteiger partial charge on any atom is 0.422 e. The molecule has 1 saturated heterocycles. The highest BCUT2D eigenvalue weighted by atomic mass is 19.4. The van der Waals surface area contributed by atoms with Crippen LogP contribution in [-0.2, 0) is 11.3 Å². The van der Waals surface area contributed by atoms with Crippen LogP contribution in [0.15, 0.2) is 48.5 Å². The number of ether oxygens (including phenoxy) is 1. The van der Waals surface area contributed by atoms with E-state index in [-0.39, 0.29) is 23.9 Å². The van der Waals surface area contributed by atoms with Gasteiger partial charge in [0.25, 0.3) is 0 Å². The summed E-state index contributed by atoms with van der Waals surface area (Å²) >= 11 is 0. The quantitative estimate of drug-likeness (QED) is 0.692. The predicted molar refractivity (Wildman–Crippen MR) is 96.6 cm³/mol. The van der Waals surface area contributed by atoms with E-state index in [1.807, 2.05) is 0 Å². The molecule has 0 N–H and O–H groups in total. The molecule has 1 fully saturated rings. The maximum absolute atomic E-state index is 14.0. The summed E-state index contributed by atoms with van der Waals surface area (Å²) in [7, 11) is 1.72. The van der Waals surface area contributed by atoms with E-state index in [0.29, 0.717) is 18.5 Å². The fourth-order valence-electron chi connectivity index (χ4n) is 3.30. The normalized spacial score (nSPS) is 17.4. The van der Waals surface area contributed by atoms with Crippen LogP contribution >= 0.6 is 0 Å². The number of halogens is 4. The minimum Gasteiger partial charge on any atom is -0.484 e. The van der Waals surface area contributed by atoms with Crippen molar-refractivity contribution in [3.8, 4) is 5.75 Å². The summed E-state index contributed by atoms with van der Waals surface area (Å²) in [6.45, 7) is -0.770. The Kier molecular flexibility index (Phi) is 5.88. The summed E-state index contributed by atoms with van der Waals surface area (Å²) < 4.78 is 56.3. The molecule has 0 aliphatic carbocycles. The number of carbonyl (C=O) groups excluding carboxylic acids is 1. The van der Waals surface area contributed by atoms with Crippen molar-refractivity contribution in [2.45, 2.75) is 25.2 Å². The zero-order valence-electron chi connectivity index (χ0n) is 15.2. The third-order valence-corrected chi connectivity index (χ3v) is 4.64. The molecule has 3 rings (SSSR count). The average molecular weight is 396 g/mol. The van der Waals surface area contributed by atoms with Crippen LogP contribution in [0, 0.1) is 5.82 Å². The molecule has 1 aliphatic rings. The standard InChI is InChI=1S/C20H20F4N2O2/c1-25(12-14-6-2-5-9-18(14)28-13-20(22,23)24)17-10-11-26(19(17)27)16-8-4-3-7-15(16)21/h2-9,17H,10-13H2,1H3/t17-/m0/s1. The molecule has 1 amide bonds. The Hall–Kier alpha value is -2.61. The Morgan fingerprint density at radius 3 is 2.54 bits per heavy atom. The van der Waals surface area contributed by atoms with E-state index in [2.05, 4.69) is 0 Å². The average Bonchev–Trinajstić information content (AvgIpc) is 3.02. The molecule has 4 nitrogen and oxygen atoms in total. The molecular weight excluding hydrogens is 376 g/mol. The number of amides is 1. The lowest BCUT2D eigenvalue weighted by Gasteiger charge is -2.25. The highest BCUT2D eigenvalue weighted by molar-refractivity contribution is 5.99. The van der Waals surface area contributed by atoms with Crippen molar-refractivity contribution >= 4 is 11.6 Å². The molecule has 1 aliphatic heterocycles. The fraction of sp³-hybridized carbons (Fsp3) is 0.350. The molecule has 0 unspecified atom stereocenters. The lowest BCUT2D eigenvalue weighted by molar-refractivity contribution is -0.153. The van der Waals surface area contributed by atoms with Crippen molar-refractivity contribution in [1.82, 2.24) is 4.90 Å². The van der Waals surface area contributed by atoms with Crippen molar-refractivity contribution in [2.75, 3.05) is 25.1 Å². The number of carbonyl (C=O) groups is 1. The van der Waals surface area contributed by atoms with Crippen LogP contribution in [-0.4, -0.2) is 43.2 Å². The second kappa shape index (κ2) is 8.18. The molecule has 0 spiro atoms. The van der Waals surface area contributed by atoms with Gasteiger partial charge in [0.05, 0.1) is 11.7 Å². The van der Waals surface area contributed by atoms with Gasteiger partial charge in [-0.3, -0.25) is 9.69 Å². The number of alkyl halides is 3. The van der Waals surface area contributed by atoms with Crippen molar-refractivity contribution < 1.29 is 27.1 Å². The van der Waals surface area contributed by atoms with Crippen LogP contribution in [0.25, 0.3) is 0 Å². The Balaban J connectivity index is 1.70. The second-order valence-electron chi connectivity index (χ2n) is 6.67. The van der Waals surface area contributed by atoms with Crippen LogP contribution in [0.5, 0.6) is 5.75 Å².